The Morgan fingerprint density at radius 3 is 2.75 bits per heavy atom. The van der Waals surface area contributed by atoms with Gasteiger partial charge in [0.25, 0.3) is 5.79 Å². The Kier molecular flexibility index (Phi) is 3.00. The summed E-state index contributed by atoms with van der Waals surface area (Å²) in [7, 11) is 0. The number of fused-ring (bicyclic) bond motifs is 1. The van der Waals surface area contributed by atoms with E-state index < -0.39 is 11.6 Å². The molecule has 20 heavy (non-hydrogen) atoms. The fourth-order valence-corrected chi connectivity index (χ4v) is 2.33. The van der Waals surface area contributed by atoms with E-state index in [1.807, 2.05) is 6.07 Å². The standard InChI is InChI=1S/C15H13NO4/c17-12-7-6-11(13(18)10-4-2-1-3-5-10)14-15(12,19)20-9-8-16-14/h1-7,16,19H,8-9H2. The first kappa shape index (κ1) is 12.8. The van der Waals surface area contributed by atoms with E-state index >= 15 is 0 Å². The molecule has 3 rings (SSSR count). The second-order valence-corrected chi connectivity index (χ2v) is 4.60. The molecule has 1 fully saturated rings. The number of ether oxygens (including phenoxy) is 1. The summed E-state index contributed by atoms with van der Waals surface area (Å²) in [5.74, 6) is -2.91. The average molecular weight is 271 g/mol. The van der Waals surface area contributed by atoms with Gasteiger partial charge in [0.2, 0.25) is 5.78 Å². The maximum absolute atomic E-state index is 12.5. The van der Waals surface area contributed by atoms with Crippen LogP contribution in [0.5, 0.6) is 0 Å². The van der Waals surface area contributed by atoms with Crippen molar-refractivity contribution in [2.75, 3.05) is 13.2 Å². The lowest BCUT2D eigenvalue weighted by atomic mass is 9.90. The molecule has 0 amide bonds. The number of Topliss-reactive ketones (excluding diaryl/α,β-unsaturated/α-hetero) is 1. The summed E-state index contributed by atoms with van der Waals surface area (Å²) in [6.07, 6.45) is 2.59. The molecule has 5 nitrogen and oxygen atoms in total. The molecule has 1 unspecified atom stereocenters. The molecule has 1 aliphatic carbocycles. The van der Waals surface area contributed by atoms with Gasteiger partial charge in [-0.05, 0) is 12.2 Å². The molecule has 0 aromatic heterocycles. The van der Waals surface area contributed by atoms with Gasteiger partial charge in [0.1, 0.15) is 0 Å². The summed E-state index contributed by atoms with van der Waals surface area (Å²) in [6.45, 7) is 0.636. The Labute approximate surface area is 115 Å². The highest BCUT2D eigenvalue weighted by atomic mass is 16.6. The molecule has 0 spiro atoms. The molecule has 1 atom stereocenters. The summed E-state index contributed by atoms with van der Waals surface area (Å²) in [4.78, 5) is 24.3. The number of morpholine rings is 1. The van der Waals surface area contributed by atoms with Crippen molar-refractivity contribution in [2.24, 2.45) is 0 Å². The van der Waals surface area contributed by atoms with Crippen LogP contribution in [-0.2, 0) is 9.53 Å². The van der Waals surface area contributed by atoms with Crippen molar-refractivity contribution in [1.29, 1.82) is 0 Å². The van der Waals surface area contributed by atoms with Gasteiger partial charge in [-0.1, -0.05) is 30.3 Å². The number of carbonyl (C=O) groups is 2. The SMILES string of the molecule is O=C(C1=C2NCCOC2(O)C(=O)C=C1)c1ccccc1. The molecular weight excluding hydrogens is 258 g/mol. The number of nitrogens with one attached hydrogen (secondary N) is 1. The maximum atomic E-state index is 12.5. The lowest BCUT2D eigenvalue weighted by Crippen LogP contribution is -2.54. The van der Waals surface area contributed by atoms with Crippen molar-refractivity contribution in [3.05, 3.63) is 59.3 Å². The highest BCUT2D eigenvalue weighted by Crippen LogP contribution is 2.30. The summed E-state index contributed by atoms with van der Waals surface area (Å²) < 4.78 is 5.18. The van der Waals surface area contributed by atoms with Crippen molar-refractivity contribution in [1.82, 2.24) is 5.32 Å². The molecule has 2 N–H and O–H groups in total. The zero-order valence-electron chi connectivity index (χ0n) is 10.6. The predicted octanol–water partition coefficient (Wildman–Crippen LogP) is 0.571. The summed E-state index contributed by atoms with van der Waals surface area (Å²) in [6, 6.07) is 8.69. The smallest absolute Gasteiger partial charge is 0.273 e. The Bertz CT molecular complexity index is 633. The van der Waals surface area contributed by atoms with E-state index in [0.717, 1.165) is 0 Å². The first-order valence-corrected chi connectivity index (χ1v) is 6.30. The second-order valence-electron chi connectivity index (χ2n) is 4.60. The number of hydrogen-bond donors (Lipinski definition) is 2. The second kappa shape index (κ2) is 4.70. The van der Waals surface area contributed by atoms with Crippen LogP contribution in [0.1, 0.15) is 10.4 Å². The maximum Gasteiger partial charge on any atom is 0.273 e. The van der Waals surface area contributed by atoms with Gasteiger partial charge >= 0.3 is 0 Å². The van der Waals surface area contributed by atoms with E-state index in [2.05, 4.69) is 5.32 Å². The molecule has 0 radical (unpaired) electrons. The van der Waals surface area contributed by atoms with E-state index in [-0.39, 0.29) is 23.7 Å². The van der Waals surface area contributed by atoms with Crippen LogP contribution in [0.3, 0.4) is 0 Å². The van der Waals surface area contributed by atoms with Crippen LogP contribution in [0.15, 0.2) is 53.8 Å². The molecule has 102 valence electrons. The van der Waals surface area contributed by atoms with Gasteiger partial charge in [0, 0.05) is 17.7 Å². The summed E-state index contributed by atoms with van der Waals surface area (Å²) in [5.41, 5.74) is 0.867. The minimum Gasteiger partial charge on any atom is -0.381 e. The molecule has 0 saturated carbocycles. The molecule has 2 aliphatic rings. The van der Waals surface area contributed by atoms with Crippen LogP contribution in [-0.4, -0.2) is 35.6 Å². The van der Waals surface area contributed by atoms with E-state index in [4.69, 9.17) is 4.74 Å². The Hall–Kier alpha value is -2.24. The Balaban J connectivity index is 2.08. The van der Waals surface area contributed by atoms with E-state index in [0.29, 0.717) is 12.1 Å². The number of allylic oxidation sites excluding steroid dienone is 2. The van der Waals surface area contributed by atoms with Gasteiger partial charge in [-0.25, -0.2) is 0 Å². The third kappa shape index (κ3) is 1.88. The summed E-state index contributed by atoms with van der Waals surface area (Å²) >= 11 is 0. The van der Waals surface area contributed by atoms with Gasteiger partial charge in [-0.15, -0.1) is 0 Å². The number of hydrogen-bond acceptors (Lipinski definition) is 5. The van der Waals surface area contributed by atoms with Crippen molar-refractivity contribution < 1.29 is 19.4 Å². The minimum absolute atomic E-state index is 0.130. The highest BCUT2D eigenvalue weighted by Gasteiger charge is 2.46. The first-order valence-electron chi connectivity index (χ1n) is 6.30. The van der Waals surface area contributed by atoms with Crippen LogP contribution >= 0.6 is 0 Å². The Morgan fingerprint density at radius 2 is 2.00 bits per heavy atom. The number of benzene rings is 1. The number of rotatable bonds is 2. The van der Waals surface area contributed by atoms with Crippen molar-refractivity contribution in [3.8, 4) is 0 Å². The molecule has 1 aromatic carbocycles. The van der Waals surface area contributed by atoms with Crippen LogP contribution in [0, 0.1) is 0 Å². The van der Waals surface area contributed by atoms with Crippen LogP contribution in [0.25, 0.3) is 0 Å². The predicted molar refractivity (Wildman–Crippen MR) is 70.9 cm³/mol. The van der Waals surface area contributed by atoms with E-state index in [1.54, 1.807) is 24.3 Å². The lowest BCUT2D eigenvalue weighted by Gasteiger charge is -2.36. The molecule has 1 aliphatic heterocycles. The number of carbonyl (C=O) groups excluding carboxylic acids is 2. The Morgan fingerprint density at radius 1 is 1.25 bits per heavy atom. The average Bonchev–Trinajstić information content (AvgIpc) is 2.49. The summed E-state index contributed by atoms with van der Waals surface area (Å²) in [5, 5.41) is 13.2. The van der Waals surface area contributed by atoms with Gasteiger partial charge in [0.15, 0.2) is 5.78 Å². The number of ketones is 2. The largest absolute Gasteiger partial charge is 0.381 e. The van der Waals surface area contributed by atoms with Gasteiger partial charge in [-0.3, -0.25) is 9.59 Å². The van der Waals surface area contributed by atoms with Gasteiger partial charge < -0.3 is 15.2 Å². The van der Waals surface area contributed by atoms with Crippen molar-refractivity contribution in [3.63, 3.8) is 0 Å². The topological polar surface area (TPSA) is 75.6 Å². The van der Waals surface area contributed by atoms with Crippen molar-refractivity contribution in [2.45, 2.75) is 5.79 Å². The molecule has 0 bridgehead atoms. The van der Waals surface area contributed by atoms with E-state index in [1.165, 1.54) is 12.2 Å². The third-order valence-corrected chi connectivity index (χ3v) is 3.34. The van der Waals surface area contributed by atoms with Gasteiger partial charge in [0.05, 0.1) is 12.3 Å². The molecule has 1 saturated heterocycles. The third-order valence-electron chi connectivity index (χ3n) is 3.34. The zero-order chi connectivity index (χ0) is 14.2. The van der Waals surface area contributed by atoms with Gasteiger partial charge in [-0.2, -0.15) is 0 Å². The molecular formula is C15H13NO4. The monoisotopic (exact) mass is 271 g/mol. The normalized spacial score (nSPS) is 25.1. The van der Waals surface area contributed by atoms with E-state index in [9.17, 15) is 14.7 Å². The fraction of sp³-hybridized carbons (Fsp3) is 0.200. The highest BCUT2D eigenvalue weighted by molar-refractivity contribution is 6.14. The zero-order valence-corrected chi connectivity index (χ0v) is 10.6. The van der Waals surface area contributed by atoms with Crippen LogP contribution in [0.2, 0.25) is 0 Å². The minimum atomic E-state index is -2.06. The lowest BCUT2D eigenvalue weighted by molar-refractivity contribution is -0.193. The first-order chi connectivity index (χ1) is 9.63. The van der Waals surface area contributed by atoms with Crippen molar-refractivity contribution >= 4 is 11.6 Å². The fourth-order valence-electron chi connectivity index (χ4n) is 2.33. The number of aliphatic hydroxyl groups is 1. The molecule has 1 aromatic rings. The van der Waals surface area contributed by atoms with Crippen LogP contribution < -0.4 is 5.32 Å². The van der Waals surface area contributed by atoms with Crippen LogP contribution in [0.4, 0.5) is 0 Å². The molecule has 1 heterocycles. The quantitative estimate of drug-likeness (QED) is 0.769. The molecule has 5 heteroatoms.